The summed E-state index contributed by atoms with van der Waals surface area (Å²) >= 11 is 6.44. The molecular formula is C22H18ClN3O2. The molecule has 0 bridgehead atoms. The van der Waals surface area contributed by atoms with Gasteiger partial charge in [0, 0.05) is 11.6 Å². The molecule has 5 nitrogen and oxygen atoms in total. The minimum absolute atomic E-state index is 0.134. The van der Waals surface area contributed by atoms with Gasteiger partial charge in [-0.2, -0.15) is 10.4 Å². The minimum Gasteiger partial charge on any atom is -0.458 e. The number of ether oxygens (including phenoxy) is 1. The van der Waals surface area contributed by atoms with E-state index in [2.05, 4.69) is 5.10 Å². The van der Waals surface area contributed by atoms with E-state index in [4.69, 9.17) is 21.6 Å². The van der Waals surface area contributed by atoms with Gasteiger partial charge in [-0.1, -0.05) is 54.1 Å². The van der Waals surface area contributed by atoms with Crippen LogP contribution in [-0.2, 0) is 22.7 Å². The van der Waals surface area contributed by atoms with Crippen molar-refractivity contribution < 1.29 is 9.53 Å². The van der Waals surface area contributed by atoms with Crippen molar-refractivity contribution in [2.75, 3.05) is 0 Å². The number of carbonyl (C=O) groups is 1. The normalized spacial score (nSPS) is 10.8. The summed E-state index contributed by atoms with van der Waals surface area (Å²) in [6.07, 6.45) is 2.96. The number of nitriles is 1. The van der Waals surface area contributed by atoms with Crippen LogP contribution in [0.1, 0.15) is 27.9 Å². The molecule has 0 atom stereocenters. The Morgan fingerprint density at radius 1 is 1.18 bits per heavy atom. The highest BCUT2D eigenvalue weighted by Gasteiger charge is 2.12. The molecule has 0 unspecified atom stereocenters. The third-order valence-corrected chi connectivity index (χ3v) is 4.53. The number of benzene rings is 2. The van der Waals surface area contributed by atoms with Crippen LogP contribution in [0.3, 0.4) is 0 Å². The number of aryl methyl sites for hydroxylation is 1. The van der Waals surface area contributed by atoms with E-state index in [1.807, 2.05) is 43.3 Å². The Hall–Kier alpha value is -3.36. The first-order valence-corrected chi connectivity index (χ1v) is 9.05. The zero-order chi connectivity index (χ0) is 19.9. The summed E-state index contributed by atoms with van der Waals surface area (Å²) in [4.78, 5) is 12.0. The lowest BCUT2D eigenvalue weighted by atomic mass is 10.2. The molecule has 28 heavy (non-hydrogen) atoms. The highest BCUT2D eigenvalue weighted by molar-refractivity contribution is 6.31. The quantitative estimate of drug-likeness (QED) is 0.457. The Morgan fingerprint density at radius 2 is 1.89 bits per heavy atom. The van der Waals surface area contributed by atoms with Gasteiger partial charge in [0.05, 0.1) is 23.9 Å². The zero-order valence-corrected chi connectivity index (χ0v) is 16.1. The largest absolute Gasteiger partial charge is 0.458 e. The van der Waals surface area contributed by atoms with Crippen LogP contribution in [0.4, 0.5) is 0 Å². The molecule has 1 aromatic heterocycles. The molecule has 3 aromatic rings. The number of esters is 1. The number of rotatable bonds is 6. The Morgan fingerprint density at radius 3 is 2.57 bits per heavy atom. The van der Waals surface area contributed by atoms with Crippen molar-refractivity contribution in [3.05, 3.63) is 93.8 Å². The van der Waals surface area contributed by atoms with Crippen molar-refractivity contribution in [1.29, 1.82) is 5.26 Å². The van der Waals surface area contributed by atoms with Gasteiger partial charge in [0.1, 0.15) is 11.8 Å². The average molecular weight is 392 g/mol. The van der Waals surface area contributed by atoms with Gasteiger partial charge in [-0.05, 0) is 36.3 Å². The third-order valence-electron chi connectivity index (χ3n) is 4.13. The maximum Gasteiger partial charge on any atom is 0.331 e. The highest BCUT2D eigenvalue weighted by Crippen LogP contribution is 2.22. The summed E-state index contributed by atoms with van der Waals surface area (Å²) in [6, 6.07) is 18.8. The minimum atomic E-state index is -0.476. The van der Waals surface area contributed by atoms with E-state index in [0.29, 0.717) is 22.8 Å². The van der Waals surface area contributed by atoms with Gasteiger partial charge in [0.2, 0.25) is 0 Å². The molecule has 0 radical (unpaired) electrons. The molecule has 0 spiro atoms. The number of halogens is 1. The van der Waals surface area contributed by atoms with E-state index >= 15 is 0 Å². The van der Waals surface area contributed by atoms with Crippen LogP contribution in [0.5, 0.6) is 0 Å². The molecule has 0 aliphatic heterocycles. The van der Waals surface area contributed by atoms with Crippen LogP contribution >= 0.6 is 11.6 Å². The van der Waals surface area contributed by atoms with Crippen LogP contribution in [-0.4, -0.2) is 15.7 Å². The van der Waals surface area contributed by atoms with Crippen LogP contribution in [0.15, 0.2) is 60.7 Å². The Balaban J connectivity index is 1.63. The SMILES string of the molecule is Cc1nn(Cc2ccccc2)c(Cl)c1/C=C/C(=O)OCc1ccc(C#N)cc1. The smallest absolute Gasteiger partial charge is 0.331 e. The summed E-state index contributed by atoms with van der Waals surface area (Å²) in [5.74, 6) is -0.476. The van der Waals surface area contributed by atoms with Gasteiger partial charge >= 0.3 is 5.97 Å². The first kappa shape index (κ1) is 19.4. The van der Waals surface area contributed by atoms with Gasteiger partial charge in [0.25, 0.3) is 0 Å². The van der Waals surface area contributed by atoms with Gasteiger partial charge in [-0.15, -0.1) is 0 Å². The summed E-state index contributed by atoms with van der Waals surface area (Å²) in [5, 5.41) is 13.7. The molecule has 6 heteroatoms. The van der Waals surface area contributed by atoms with Gasteiger partial charge in [-0.3, -0.25) is 0 Å². The van der Waals surface area contributed by atoms with E-state index in [1.165, 1.54) is 6.08 Å². The fourth-order valence-electron chi connectivity index (χ4n) is 2.65. The molecule has 2 aromatic carbocycles. The molecule has 0 N–H and O–H groups in total. The highest BCUT2D eigenvalue weighted by atomic mass is 35.5. The summed E-state index contributed by atoms with van der Waals surface area (Å²) in [6.45, 7) is 2.53. The number of nitrogens with zero attached hydrogens (tertiary/aromatic N) is 3. The standard InChI is InChI=1S/C22H18ClN3O2/c1-16-20(22(23)26(25-16)14-18-5-3-2-4-6-18)11-12-21(27)28-15-19-9-7-17(13-24)8-10-19/h2-12H,14-15H2,1H3/b12-11+. The predicted molar refractivity (Wildman–Crippen MR) is 108 cm³/mol. The zero-order valence-electron chi connectivity index (χ0n) is 15.3. The maximum absolute atomic E-state index is 12.0. The van der Waals surface area contributed by atoms with Crippen molar-refractivity contribution >= 4 is 23.6 Å². The third kappa shape index (κ3) is 4.87. The molecule has 0 aliphatic carbocycles. The van der Waals surface area contributed by atoms with Gasteiger partial charge < -0.3 is 4.74 Å². The van der Waals surface area contributed by atoms with Crippen molar-refractivity contribution in [2.45, 2.75) is 20.1 Å². The fourth-order valence-corrected chi connectivity index (χ4v) is 2.94. The lowest BCUT2D eigenvalue weighted by molar-refractivity contribution is -0.138. The van der Waals surface area contributed by atoms with Crippen molar-refractivity contribution in [1.82, 2.24) is 9.78 Å². The Kier molecular flexibility index (Phi) is 6.25. The van der Waals surface area contributed by atoms with Crippen molar-refractivity contribution in [3.63, 3.8) is 0 Å². The molecule has 1 heterocycles. The van der Waals surface area contributed by atoms with Crippen LogP contribution in [0.2, 0.25) is 5.15 Å². The van der Waals surface area contributed by atoms with E-state index in [9.17, 15) is 4.79 Å². The number of aromatic nitrogens is 2. The number of hydrogen-bond donors (Lipinski definition) is 0. The van der Waals surface area contributed by atoms with Crippen LogP contribution < -0.4 is 0 Å². The predicted octanol–water partition coefficient (Wildman–Crippen LogP) is 4.52. The molecule has 0 saturated heterocycles. The monoisotopic (exact) mass is 391 g/mol. The Labute approximate surface area is 168 Å². The molecule has 0 saturated carbocycles. The van der Waals surface area contributed by atoms with Gasteiger partial charge in [0.15, 0.2) is 0 Å². The molecular weight excluding hydrogens is 374 g/mol. The van der Waals surface area contributed by atoms with Crippen LogP contribution in [0, 0.1) is 18.3 Å². The fraction of sp³-hybridized carbons (Fsp3) is 0.136. The molecule has 0 aliphatic rings. The lowest BCUT2D eigenvalue weighted by Crippen LogP contribution is -2.02. The van der Waals surface area contributed by atoms with Crippen LogP contribution in [0.25, 0.3) is 6.08 Å². The van der Waals surface area contributed by atoms with E-state index < -0.39 is 5.97 Å². The number of carbonyl (C=O) groups excluding carboxylic acids is 1. The van der Waals surface area contributed by atoms with Gasteiger partial charge in [-0.25, -0.2) is 9.48 Å². The van der Waals surface area contributed by atoms with E-state index in [1.54, 1.807) is 35.0 Å². The second kappa shape index (κ2) is 9.03. The van der Waals surface area contributed by atoms with E-state index in [0.717, 1.165) is 16.8 Å². The second-order valence-electron chi connectivity index (χ2n) is 6.18. The van der Waals surface area contributed by atoms with Crippen molar-refractivity contribution in [3.8, 4) is 6.07 Å². The summed E-state index contributed by atoms with van der Waals surface area (Å²) in [5.41, 5.74) is 3.88. The summed E-state index contributed by atoms with van der Waals surface area (Å²) < 4.78 is 6.93. The topological polar surface area (TPSA) is 67.9 Å². The molecule has 3 rings (SSSR count). The summed E-state index contributed by atoms with van der Waals surface area (Å²) in [7, 11) is 0. The average Bonchev–Trinajstić information content (AvgIpc) is 2.98. The lowest BCUT2D eigenvalue weighted by Gasteiger charge is -2.03. The molecule has 0 amide bonds. The maximum atomic E-state index is 12.0. The molecule has 140 valence electrons. The second-order valence-corrected chi connectivity index (χ2v) is 6.54. The van der Waals surface area contributed by atoms with E-state index in [-0.39, 0.29) is 6.61 Å². The molecule has 0 fully saturated rings. The number of hydrogen-bond acceptors (Lipinski definition) is 4. The first-order valence-electron chi connectivity index (χ1n) is 8.67. The Bertz CT molecular complexity index is 1030. The van der Waals surface area contributed by atoms with Crippen molar-refractivity contribution in [2.24, 2.45) is 0 Å². The first-order chi connectivity index (χ1) is 13.6.